The molecule has 0 aliphatic rings. The molecule has 21 heavy (non-hydrogen) atoms. The van der Waals surface area contributed by atoms with Crippen molar-refractivity contribution in [3.05, 3.63) is 71.3 Å². The van der Waals surface area contributed by atoms with Gasteiger partial charge in [0.25, 0.3) is 0 Å². The highest BCUT2D eigenvalue weighted by Crippen LogP contribution is 2.09. The van der Waals surface area contributed by atoms with Gasteiger partial charge >= 0.3 is 0 Å². The van der Waals surface area contributed by atoms with E-state index in [1.807, 2.05) is 61.6 Å². The fraction of sp³-hybridized carbons (Fsp3) is 0.250. The predicted octanol–water partition coefficient (Wildman–Crippen LogP) is 2.03. The van der Waals surface area contributed by atoms with E-state index in [2.05, 4.69) is 10.0 Å². The molecular formula is C16H20N2O2S. The Hall–Kier alpha value is -1.69. The van der Waals surface area contributed by atoms with Crippen molar-refractivity contribution in [3.63, 3.8) is 0 Å². The zero-order valence-corrected chi connectivity index (χ0v) is 12.9. The maximum atomic E-state index is 12.1. The molecule has 2 aromatic carbocycles. The molecule has 2 rings (SSSR count). The first-order valence-corrected chi connectivity index (χ1v) is 8.48. The average Bonchev–Trinajstić information content (AvgIpc) is 2.47. The van der Waals surface area contributed by atoms with Gasteiger partial charge in [-0.15, -0.1) is 0 Å². The van der Waals surface area contributed by atoms with E-state index in [1.54, 1.807) is 0 Å². The van der Waals surface area contributed by atoms with Crippen molar-refractivity contribution in [2.24, 2.45) is 0 Å². The van der Waals surface area contributed by atoms with E-state index in [0.29, 0.717) is 6.54 Å². The number of hydrogen-bond donors (Lipinski definition) is 2. The molecule has 0 aromatic heterocycles. The molecule has 2 aromatic rings. The minimum atomic E-state index is -3.33. The van der Waals surface area contributed by atoms with Crippen LogP contribution in [-0.4, -0.2) is 15.5 Å². The zero-order chi connectivity index (χ0) is 15.1. The Bertz CT molecular complexity index is 670. The van der Waals surface area contributed by atoms with Crippen LogP contribution in [-0.2, 0) is 28.9 Å². The van der Waals surface area contributed by atoms with Crippen LogP contribution in [0.15, 0.2) is 54.6 Å². The number of benzene rings is 2. The van der Waals surface area contributed by atoms with Crippen LogP contribution in [0.5, 0.6) is 0 Å². The summed E-state index contributed by atoms with van der Waals surface area (Å²) in [5, 5.41) is 3.06. The summed E-state index contributed by atoms with van der Waals surface area (Å²) < 4.78 is 26.9. The van der Waals surface area contributed by atoms with Gasteiger partial charge in [-0.1, -0.05) is 54.6 Å². The Balaban J connectivity index is 1.99. The summed E-state index contributed by atoms with van der Waals surface area (Å²) in [4.78, 5) is 0. The maximum absolute atomic E-state index is 12.1. The van der Waals surface area contributed by atoms with Gasteiger partial charge in [-0.3, -0.25) is 0 Å². The van der Waals surface area contributed by atoms with Crippen molar-refractivity contribution in [1.82, 2.24) is 10.0 Å². The largest absolute Gasteiger partial charge is 0.316 e. The molecule has 0 saturated carbocycles. The second kappa shape index (κ2) is 7.36. The third kappa shape index (κ3) is 5.30. The minimum Gasteiger partial charge on any atom is -0.316 e. The predicted molar refractivity (Wildman–Crippen MR) is 85.1 cm³/mol. The van der Waals surface area contributed by atoms with Crippen molar-refractivity contribution in [1.29, 1.82) is 0 Å². The molecule has 0 atom stereocenters. The van der Waals surface area contributed by atoms with Crippen LogP contribution in [0.3, 0.4) is 0 Å². The molecule has 0 aliphatic carbocycles. The Morgan fingerprint density at radius 3 is 2.24 bits per heavy atom. The van der Waals surface area contributed by atoms with E-state index in [4.69, 9.17) is 0 Å². The van der Waals surface area contributed by atoms with Gasteiger partial charge in [0.1, 0.15) is 0 Å². The molecule has 0 spiro atoms. The molecule has 0 bridgehead atoms. The summed E-state index contributed by atoms with van der Waals surface area (Å²) >= 11 is 0. The highest BCUT2D eigenvalue weighted by atomic mass is 32.2. The lowest BCUT2D eigenvalue weighted by Gasteiger charge is -2.08. The number of nitrogens with one attached hydrogen (secondary N) is 2. The van der Waals surface area contributed by atoms with Gasteiger partial charge in [0.2, 0.25) is 10.0 Å². The van der Waals surface area contributed by atoms with E-state index < -0.39 is 10.0 Å². The van der Waals surface area contributed by atoms with Gasteiger partial charge in [0.15, 0.2) is 0 Å². The number of rotatable bonds is 7. The van der Waals surface area contributed by atoms with Crippen LogP contribution in [0.25, 0.3) is 0 Å². The highest BCUT2D eigenvalue weighted by molar-refractivity contribution is 7.88. The number of hydrogen-bond acceptors (Lipinski definition) is 3. The summed E-state index contributed by atoms with van der Waals surface area (Å²) in [6, 6.07) is 17.1. The highest BCUT2D eigenvalue weighted by Gasteiger charge is 2.11. The Morgan fingerprint density at radius 1 is 0.857 bits per heavy atom. The SMILES string of the molecule is CNCc1cccc(CS(=O)(=O)NCc2ccccc2)c1. The van der Waals surface area contributed by atoms with Crippen LogP contribution < -0.4 is 10.0 Å². The van der Waals surface area contributed by atoms with Crippen molar-refractivity contribution in [2.75, 3.05) is 7.05 Å². The zero-order valence-electron chi connectivity index (χ0n) is 12.0. The van der Waals surface area contributed by atoms with Gasteiger partial charge < -0.3 is 5.32 Å². The average molecular weight is 304 g/mol. The lowest BCUT2D eigenvalue weighted by atomic mass is 10.1. The molecule has 0 saturated heterocycles. The summed E-state index contributed by atoms with van der Waals surface area (Å²) in [7, 11) is -1.47. The van der Waals surface area contributed by atoms with Gasteiger partial charge in [-0.2, -0.15) is 0 Å². The van der Waals surface area contributed by atoms with E-state index in [0.717, 1.165) is 23.2 Å². The smallest absolute Gasteiger partial charge is 0.216 e. The van der Waals surface area contributed by atoms with Crippen molar-refractivity contribution in [2.45, 2.75) is 18.8 Å². The Morgan fingerprint density at radius 2 is 1.52 bits per heavy atom. The lowest BCUT2D eigenvalue weighted by molar-refractivity contribution is 0.580. The van der Waals surface area contributed by atoms with Crippen LogP contribution in [0.1, 0.15) is 16.7 Å². The van der Waals surface area contributed by atoms with Crippen LogP contribution in [0, 0.1) is 0 Å². The quantitative estimate of drug-likeness (QED) is 0.823. The third-order valence-corrected chi connectivity index (χ3v) is 4.37. The van der Waals surface area contributed by atoms with E-state index in [9.17, 15) is 8.42 Å². The monoisotopic (exact) mass is 304 g/mol. The first kappa shape index (κ1) is 15.7. The summed E-state index contributed by atoms with van der Waals surface area (Å²) in [6.07, 6.45) is 0. The molecule has 112 valence electrons. The lowest BCUT2D eigenvalue weighted by Crippen LogP contribution is -2.24. The minimum absolute atomic E-state index is 0.00259. The van der Waals surface area contributed by atoms with Crippen LogP contribution in [0.4, 0.5) is 0 Å². The summed E-state index contributed by atoms with van der Waals surface area (Å²) in [5.74, 6) is -0.00259. The first-order chi connectivity index (χ1) is 10.1. The molecule has 0 aliphatic heterocycles. The second-order valence-corrected chi connectivity index (χ2v) is 6.72. The fourth-order valence-corrected chi connectivity index (χ4v) is 3.20. The molecule has 0 fully saturated rings. The first-order valence-electron chi connectivity index (χ1n) is 6.83. The standard InChI is InChI=1S/C16H20N2O2S/c1-17-11-15-8-5-9-16(10-15)13-21(19,20)18-12-14-6-3-2-4-7-14/h2-10,17-18H,11-13H2,1H3. The van der Waals surface area contributed by atoms with Crippen LogP contribution in [0.2, 0.25) is 0 Å². The number of sulfonamides is 1. The Labute approximate surface area is 126 Å². The van der Waals surface area contributed by atoms with Gasteiger partial charge in [-0.05, 0) is 23.7 Å². The molecule has 2 N–H and O–H groups in total. The molecule has 0 unspecified atom stereocenters. The third-order valence-electron chi connectivity index (χ3n) is 3.07. The second-order valence-electron chi connectivity index (χ2n) is 4.92. The molecular weight excluding hydrogens is 284 g/mol. The summed E-state index contributed by atoms with van der Waals surface area (Å²) in [5.41, 5.74) is 2.82. The van der Waals surface area contributed by atoms with Crippen molar-refractivity contribution >= 4 is 10.0 Å². The van der Waals surface area contributed by atoms with Crippen molar-refractivity contribution in [3.8, 4) is 0 Å². The van der Waals surface area contributed by atoms with Gasteiger partial charge in [0.05, 0.1) is 5.75 Å². The van der Waals surface area contributed by atoms with E-state index in [-0.39, 0.29) is 5.75 Å². The fourth-order valence-electron chi connectivity index (χ4n) is 2.09. The van der Waals surface area contributed by atoms with Gasteiger partial charge in [0, 0.05) is 13.1 Å². The van der Waals surface area contributed by atoms with E-state index >= 15 is 0 Å². The molecule has 0 amide bonds. The molecule has 0 heterocycles. The maximum Gasteiger partial charge on any atom is 0.216 e. The molecule has 4 nitrogen and oxygen atoms in total. The molecule has 0 radical (unpaired) electrons. The van der Waals surface area contributed by atoms with E-state index in [1.165, 1.54) is 0 Å². The molecule has 5 heteroatoms. The van der Waals surface area contributed by atoms with Gasteiger partial charge in [-0.25, -0.2) is 13.1 Å². The van der Waals surface area contributed by atoms with Crippen molar-refractivity contribution < 1.29 is 8.42 Å². The topological polar surface area (TPSA) is 58.2 Å². The normalized spacial score (nSPS) is 11.5. The van der Waals surface area contributed by atoms with Crippen LogP contribution >= 0.6 is 0 Å². The Kier molecular flexibility index (Phi) is 5.50. The summed E-state index contributed by atoms with van der Waals surface area (Å²) in [6.45, 7) is 1.05.